The van der Waals surface area contributed by atoms with Crippen molar-refractivity contribution in [2.45, 2.75) is 50.7 Å². The molecule has 1 heterocycles. The normalized spacial score (nSPS) is 24.7. The minimum Gasteiger partial charge on any atom is -0.395 e. The molecular weight excluding hydrogens is 236 g/mol. The van der Waals surface area contributed by atoms with Crippen molar-refractivity contribution in [3.8, 4) is 0 Å². The van der Waals surface area contributed by atoms with Crippen LogP contribution in [-0.4, -0.2) is 35.2 Å². The summed E-state index contributed by atoms with van der Waals surface area (Å²) in [5.41, 5.74) is 7.51. The van der Waals surface area contributed by atoms with Gasteiger partial charge in [-0.2, -0.15) is 0 Å². The summed E-state index contributed by atoms with van der Waals surface area (Å²) in [5.74, 6) is 0. The molecule has 0 aromatic heterocycles. The number of nitrogens with zero attached hydrogens (tertiary/aromatic N) is 1. The first-order valence-corrected chi connectivity index (χ1v) is 7.41. The lowest BCUT2D eigenvalue weighted by atomic mass is 9.97. The smallest absolute Gasteiger partial charge is 0.0587 e. The summed E-state index contributed by atoms with van der Waals surface area (Å²) in [7, 11) is 0. The Balaban J connectivity index is 2.26. The summed E-state index contributed by atoms with van der Waals surface area (Å²) < 4.78 is 0. The number of hydrogen-bond donors (Lipinski definition) is 2. The number of benzene rings is 1. The average molecular weight is 262 g/mol. The lowest BCUT2D eigenvalue weighted by molar-refractivity contribution is 0.0747. The summed E-state index contributed by atoms with van der Waals surface area (Å²) >= 11 is 0. The highest BCUT2D eigenvalue weighted by Crippen LogP contribution is 2.29. The molecular formula is C16H26N2O. The first-order chi connectivity index (χ1) is 9.24. The van der Waals surface area contributed by atoms with Gasteiger partial charge in [0.1, 0.15) is 0 Å². The van der Waals surface area contributed by atoms with Crippen molar-refractivity contribution < 1.29 is 5.11 Å². The van der Waals surface area contributed by atoms with Gasteiger partial charge in [0, 0.05) is 18.1 Å². The molecule has 0 bridgehead atoms. The number of hydrogen-bond acceptors (Lipinski definition) is 3. The van der Waals surface area contributed by atoms with Crippen molar-refractivity contribution in [1.82, 2.24) is 4.90 Å². The van der Waals surface area contributed by atoms with Crippen LogP contribution in [0.3, 0.4) is 0 Å². The van der Waals surface area contributed by atoms with Crippen LogP contribution >= 0.6 is 0 Å². The zero-order valence-electron chi connectivity index (χ0n) is 11.8. The molecule has 0 spiro atoms. The van der Waals surface area contributed by atoms with E-state index in [1.54, 1.807) is 0 Å². The Bertz CT molecular complexity index is 366. The molecule has 0 amide bonds. The van der Waals surface area contributed by atoms with E-state index in [4.69, 9.17) is 5.73 Å². The van der Waals surface area contributed by atoms with Crippen molar-refractivity contribution >= 4 is 0 Å². The second-order valence-corrected chi connectivity index (χ2v) is 5.64. The van der Waals surface area contributed by atoms with E-state index in [-0.39, 0.29) is 24.7 Å². The zero-order chi connectivity index (χ0) is 13.7. The van der Waals surface area contributed by atoms with Crippen molar-refractivity contribution in [3.63, 3.8) is 0 Å². The second kappa shape index (κ2) is 7.04. The molecule has 3 unspecified atom stereocenters. The zero-order valence-corrected chi connectivity index (χ0v) is 11.8. The first-order valence-electron chi connectivity index (χ1n) is 7.41. The Morgan fingerprint density at radius 2 is 2.00 bits per heavy atom. The van der Waals surface area contributed by atoms with Gasteiger partial charge in [-0.25, -0.2) is 0 Å². The predicted molar refractivity (Wildman–Crippen MR) is 78.9 cm³/mol. The van der Waals surface area contributed by atoms with Crippen LogP contribution in [0.2, 0.25) is 0 Å². The Morgan fingerprint density at radius 1 is 1.26 bits per heavy atom. The molecule has 106 valence electrons. The highest BCUT2D eigenvalue weighted by Gasteiger charge is 2.30. The molecule has 3 atom stereocenters. The molecule has 1 aromatic carbocycles. The quantitative estimate of drug-likeness (QED) is 0.875. The molecule has 19 heavy (non-hydrogen) atoms. The van der Waals surface area contributed by atoms with Crippen LogP contribution in [0, 0.1) is 0 Å². The van der Waals surface area contributed by atoms with Crippen LogP contribution in [-0.2, 0) is 0 Å². The standard InChI is InChI=1S/C16H26N2O/c1-13(17)16(14-8-4-2-5-9-14)18-11-7-3-6-10-15(18)12-19/h2,4-5,8-9,13,15-16,19H,3,6-7,10-12,17H2,1H3. The number of aliphatic hydroxyl groups is 1. The van der Waals surface area contributed by atoms with E-state index in [0.29, 0.717) is 0 Å². The maximum atomic E-state index is 9.68. The van der Waals surface area contributed by atoms with Crippen molar-refractivity contribution in [2.75, 3.05) is 13.2 Å². The fourth-order valence-electron chi connectivity index (χ4n) is 3.21. The van der Waals surface area contributed by atoms with Gasteiger partial charge in [0.25, 0.3) is 0 Å². The third-order valence-electron chi connectivity index (χ3n) is 4.13. The lowest BCUT2D eigenvalue weighted by Crippen LogP contribution is -2.46. The van der Waals surface area contributed by atoms with E-state index < -0.39 is 0 Å². The van der Waals surface area contributed by atoms with Crippen LogP contribution in [0.4, 0.5) is 0 Å². The molecule has 1 aliphatic rings. The molecule has 1 aliphatic heterocycles. The van der Waals surface area contributed by atoms with Crippen molar-refractivity contribution in [3.05, 3.63) is 35.9 Å². The molecule has 2 rings (SSSR count). The molecule has 3 N–H and O–H groups in total. The average Bonchev–Trinajstić information content (AvgIpc) is 2.65. The number of likely N-dealkylation sites (tertiary alicyclic amines) is 1. The van der Waals surface area contributed by atoms with Gasteiger partial charge in [-0.05, 0) is 31.9 Å². The van der Waals surface area contributed by atoms with Gasteiger partial charge in [0.05, 0.1) is 6.61 Å². The van der Waals surface area contributed by atoms with E-state index in [0.717, 1.165) is 13.0 Å². The minimum atomic E-state index is 0.0644. The summed E-state index contributed by atoms with van der Waals surface area (Å²) in [6.45, 7) is 3.33. The van der Waals surface area contributed by atoms with Crippen LogP contribution in [0.1, 0.15) is 44.2 Å². The topological polar surface area (TPSA) is 49.5 Å². The third kappa shape index (κ3) is 3.56. The van der Waals surface area contributed by atoms with Crippen LogP contribution in [0.25, 0.3) is 0 Å². The van der Waals surface area contributed by atoms with E-state index >= 15 is 0 Å². The van der Waals surface area contributed by atoms with Crippen LogP contribution < -0.4 is 5.73 Å². The Hall–Kier alpha value is -0.900. The Labute approximate surface area is 116 Å². The predicted octanol–water partition coefficient (Wildman–Crippen LogP) is 2.31. The molecule has 3 heteroatoms. The van der Waals surface area contributed by atoms with Gasteiger partial charge in [-0.3, -0.25) is 4.90 Å². The summed E-state index contributed by atoms with van der Waals surface area (Å²) in [4.78, 5) is 2.42. The molecule has 0 saturated carbocycles. The van der Waals surface area contributed by atoms with E-state index in [2.05, 4.69) is 36.1 Å². The van der Waals surface area contributed by atoms with Crippen molar-refractivity contribution in [2.24, 2.45) is 5.73 Å². The monoisotopic (exact) mass is 262 g/mol. The number of nitrogens with two attached hydrogens (primary N) is 1. The maximum absolute atomic E-state index is 9.68. The summed E-state index contributed by atoms with van der Waals surface area (Å²) in [6.07, 6.45) is 4.74. The summed E-state index contributed by atoms with van der Waals surface area (Å²) in [6, 6.07) is 11.0. The van der Waals surface area contributed by atoms with E-state index in [1.807, 2.05) is 6.07 Å². The Kier molecular flexibility index (Phi) is 5.37. The van der Waals surface area contributed by atoms with E-state index in [9.17, 15) is 5.11 Å². The lowest BCUT2D eigenvalue weighted by Gasteiger charge is -2.38. The van der Waals surface area contributed by atoms with E-state index in [1.165, 1.54) is 24.8 Å². The highest BCUT2D eigenvalue weighted by molar-refractivity contribution is 5.21. The summed E-state index contributed by atoms with van der Waals surface area (Å²) in [5, 5.41) is 9.68. The first kappa shape index (κ1) is 14.5. The van der Waals surface area contributed by atoms with Gasteiger partial charge in [-0.15, -0.1) is 0 Å². The SMILES string of the molecule is CC(N)C(c1ccccc1)N1CCCCCC1CO. The van der Waals surface area contributed by atoms with Gasteiger partial charge in [-0.1, -0.05) is 43.2 Å². The number of rotatable bonds is 4. The van der Waals surface area contributed by atoms with Crippen LogP contribution in [0.15, 0.2) is 30.3 Å². The maximum Gasteiger partial charge on any atom is 0.0587 e. The molecule has 1 aromatic rings. The fourth-order valence-corrected chi connectivity index (χ4v) is 3.21. The van der Waals surface area contributed by atoms with Gasteiger partial charge in [0.2, 0.25) is 0 Å². The number of aliphatic hydroxyl groups excluding tert-OH is 1. The molecule has 1 fully saturated rings. The minimum absolute atomic E-state index is 0.0644. The van der Waals surface area contributed by atoms with Gasteiger partial charge in [0.15, 0.2) is 0 Å². The van der Waals surface area contributed by atoms with Gasteiger partial charge >= 0.3 is 0 Å². The second-order valence-electron chi connectivity index (χ2n) is 5.64. The van der Waals surface area contributed by atoms with Gasteiger partial charge < -0.3 is 10.8 Å². The fraction of sp³-hybridized carbons (Fsp3) is 0.625. The third-order valence-corrected chi connectivity index (χ3v) is 4.13. The van der Waals surface area contributed by atoms with Crippen molar-refractivity contribution in [1.29, 1.82) is 0 Å². The molecule has 1 saturated heterocycles. The Morgan fingerprint density at radius 3 is 2.63 bits per heavy atom. The molecule has 0 radical (unpaired) electrons. The largest absolute Gasteiger partial charge is 0.395 e. The molecule has 0 aliphatic carbocycles. The molecule has 3 nitrogen and oxygen atoms in total. The highest BCUT2D eigenvalue weighted by atomic mass is 16.3. The van der Waals surface area contributed by atoms with Crippen LogP contribution in [0.5, 0.6) is 0 Å².